The monoisotopic (exact) mass is 352 g/mol. The van der Waals surface area contributed by atoms with Crippen LogP contribution >= 0.6 is 27.3 Å². The smallest absolute Gasteiger partial charge is 0.254 e. The third-order valence-electron chi connectivity index (χ3n) is 3.22. The SMILES string of the molecule is O=C(c1csc(Br)c1)N1CCN(c2ncccn2)CC1. The van der Waals surface area contributed by atoms with E-state index >= 15 is 0 Å². The van der Waals surface area contributed by atoms with Crippen molar-refractivity contribution in [3.63, 3.8) is 0 Å². The van der Waals surface area contributed by atoms with Crippen molar-refractivity contribution in [1.82, 2.24) is 14.9 Å². The molecular formula is C13H13BrN4OS. The Bertz CT molecular complexity index is 595. The highest BCUT2D eigenvalue weighted by Gasteiger charge is 2.23. The van der Waals surface area contributed by atoms with E-state index in [1.165, 1.54) is 11.3 Å². The van der Waals surface area contributed by atoms with Crippen LogP contribution < -0.4 is 4.90 Å². The lowest BCUT2D eigenvalue weighted by Crippen LogP contribution is -2.49. The summed E-state index contributed by atoms with van der Waals surface area (Å²) >= 11 is 4.92. The number of thiophene rings is 1. The number of aromatic nitrogens is 2. The summed E-state index contributed by atoms with van der Waals surface area (Å²) in [4.78, 5) is 24.8. The van der Waals surface area contributed by atoms with Gasteiger partial charge >= 0.3 is 0 Å². The molecule has 1 aliphatic rings. The summed E-state index contributed by atoms with van der Waals surface area (Å²) in [5.74, 6) is 0.832. The van der Waals surface area contributed by atoms with Gasteiger partial charge in [-0.05, 0) is 28.1 Å². The molecule has 0 unspecified atom stereocenters. The number of carbonyl (C=O) groups excluding carboxylic acids is 1. The van der Waals surface area contributed by atoms with Gasteiger partial charge in [-0.1, -0.05) is 0 Å². The highest BCUT2D eigenvalue weighted by atomic mass is 79.9. The topological polar surface area (TPSA) is 49.3 Å². The Balaban J connectivity index is 1.63. The molecular weight excluding hydrogens is 340 g/mol. The van der Waals surface area contributed by atoms with Gasteiger partial charge in [0.15, 0.2) is 0 Å². The molecule has 0 saturated carbocycles. The van der Waals surface area contributed by atoms with Gasteiger partial charge in [0.2, 0.25) is 5.95 Å². The van der Waals surface area contributed by atoms with Crippen LogP contribution in [-0.4, -0.2) is 47.0 Å². The second-order valence-electron chi connectivity index (χ2n) is 4.47. The van der Waals surface area contributed by atoms with Gasteiger partial charge in [-0.15, -0.1) is 11.3 Å². The first-order chi connectivity index (χ1) is 9.74. The average Bonchev–Trinajstić information content (AvgIpc) is 2.94. The summed E-state index contributed by atoms with van der Waals surface area (Å²) in [6, 6.07) is 3.68. The fraction of sp³-hybridized carbons (Fsp3) is 0.308. The van der Waals surface area contributed by atoms with Crippen molar-refractivity contribution in [2.45, 2.75) is 0 Å². The van der Waals surface area contributed by atoms with Gasteiger partial charge in [0.25, 0.3) is 5.91 Å². The molecule has 104 valence electrons. The van der Waals surface area contributed by atoms with Gasteiger partial charge in [0, 0.05) is 44.0 Å². The van der Waals surface area contributed by atoms with E-state index < -0.39 is 0 Å². The molecule has 0 spiro atoms. The minimum Gasteiger partial charge on any atom is -0.337 e. The zero-order valence-electron chi connectivity index (χ0n) is 10.7. The first kappa shape index (κ1) is 13.5. The van der Waals surface area contributed by atoms with Crippen molar-refractivity contribution in [2.24, 2.45) is 0 Å². The van der Waals surface area contributed by atoms with E-state index in [0.29, 0.717) is 13.1 Å². The lowest BCUT2D eigenvalue weighted by molar-refractivity contribution is 0.0747. The maximum atomic E-state index is 12.3. The van der Waals surface area contributed by atoms with Crippen molar-refractivity contribution in [3.8, 4) is 0 Å². The molecule has 0 bridgehead atoms. The lowest BCUT2D eigenvalue weighted by atomic mass is 10.2. The Morgan fingerprint density at radius 2 is 1.90 bits per heavy atom. The highest BCUT2D eigenvalue weighted by molar-refractivity contribution is 9.11. The molecule has 0 N–H and O–H groups in total. The largest absolute Gasteiger partial charge is 0.337 e. The van der Waals surface area contributed by atoms with Crippen molar-refractivity contribution < 1.29 is 4.79 Å². The molecule has 1 saturated heterocycles. The van der Waals surface area contributed by atoms with Gasteiger partial charge in [-0.25, -0.2) is 9.97 Å². The quantitative estimate of drug-likeness (QED) is 0.831. The average molecular weight is 353 g/mol. The van der Waals surface area contributed by atoms with Crippen molar-refractivity contribution in [1.29, 1.82) is 0 Å². The van der Waals surface area contributed by atoms with Crippen LogP contribution in [0.4, 0.5) is 5.95 Å². The molecule has 0 aromatic carbocycles. The molecule has 0 aliphatic carbocycles. The Morgan fingerprint density at radius 3 is 2.50 bits per heavy atom. The third-order valence-corrected chi connectivity index (χ3v) is 4.72. The van der Waals surface area contributed by atoms with Crippen LogP contribution in [0.15, 0.2) is 33.7 Å². The van der Waals surface area contributed by atoms with Gasteiger partial charge in [0.1, 0.15) is 0 Å². The summed E-state index contributed by atoms with van der Waals surface area (Å²) in [6.45, 7) is 2.93. The number of amides is 1. The first-order valence-corrected chi connectivity index (χ1v) is 7.96. The van der Waals surface area contributed by atoms with Crippen LogP contribution in [0.5, 0.6) is 0 Å². The Morgan fingerprint density at radius 1 is 1.20 bits per heavy atom. The lowest BCUT2D eigenvalue weighted by Gasteiger charge is -2.34. The molecule has 3 heterocycles. The van der Waals surface area contributed by atoms with E-state index in [9.17, 15) is 4.79 Å². The van der Waals surface area contributed by atoms with Crippen LogP contribution in [-0.2, 0) is 0 Å². The van der Waals surface area contributed by atoms with Crippen LogP contribution in [0.25, 0.3) is 0 Å². The summed E-state index contributed by atoms with van der Waals surface area (Å²) in [6.07, 6.45) is 3.48. The normalized spacial score (nSPS) is 15.4. The standard InChI is InChI=1S/C13H13BrN4OS/c14-11-8-10(9-20-11)12(19)17-4-6-18(7-5-17)13-15-2-1-3-16-13/h1-3,8-9H,4-7H2. The predicted molar refractivity (Wildman–Crippen MR) is 82.2 cm³/mol. The van der Waals surface area contributed by atoms with Gasteiger partial charge < -0.3 is 9.80 Å². The van der Waals surface area contributed by atoms with Gasteiger partial charge in [-0.2, -0.15) is 0 Å². The fourth-order valence-electron chi connectivity index (χ4n) is 2.17. The molecule has 7 heteroatoms. The van der Waals surface area contributed by atoms with E-state index in [1.54, 1.807) is 18.5 Å². The molecule has 1 fully saturated rings. The Hall–Kier alpha value is -1.47. The van der Waals surface area contributed by atoms with Crippen molar-refractivity contribution in [3.05, 3.63) is 39.3 Å². The Kier molecular flexibility index (Phi) is 3.98. The minimum atomic E-state index is 0.0978. The van der Waals surface area contributed by atoms with Crippen molar-refractivity contribution in [2.75, 3.05) is 31.1 Å². The summed E-state index contributed by atoms with van der Waals surface area (Å²) in [5.41, 5.74) is 0.756. The molecule has 2 aromatic heterocycles. The molecule has 2 aromatic rings. The zero-order chi connectivity index (χ0) is 13.9. The van der Waals surface area contributed by atoms with E-state index in [-0.39, 0.29) is 5.91 Å². The van der Waals surface area contributed by atoms with Gasteiger partial charge in [0.05, 0.1) is 9.35 Å². The molecule has 5 nitrogen and oxygen atoms in total. The summed E-state index contributed by atoms with van der Waals surface area (Å²) in [7, 11) is 0. The molecule has 1 amide bonds. The zero-order valence-corrected chi connectivity index (χ0v) is 13.1. The predicted octanol–water partition coefficient (Wildman–Crippen LogP) is 2.26. The Labute approximate surface area is 129 Å². The highest BCUT2D eigenvalue weighted by Crippen LogP contribution is 2.22. The van der Waals surface area contributed by atoms with Gasteiger partial charge in [-0.3, -0.25) is 4.79 Å². The number of carbonyl (C=O) groups is 1. The van der Waals surface area contributed by atoms with Crippen LogP contribution in [0, 0.1) is 0 Å². The summed E-state index contributed by atoms with van der Waals surface area (Å²) in [5, 5.41) is 1.89. The number of hydrogen-bond acceptors (Lipinski definition) is 5. The maximum absolute atomic E-state index is 12.3. The summed E-state index contributed by atoms with van der Waals surface area (Å²) < 4.78 is 0.983. The van der Waals surface area contributed by atoms with E-state index in [1.807, 2.05) is 16.3 Å². The molecule has 0 radical (unpaired) electrons. The minimum absolute atomic E-state index is 0.0978. The number of nitrogens with zero attached hydrogens (tertiary/aromatic N) is 4. The third kappa shape index (κ3) is 2.83. The number of piperazine rings is 1. The first-order valence-electron chi connectivity index (χ1n) is 6.29. The maximum Gasteiger partial charge on any atom is 0.254 e. The van der Waals surface area contributed by atoms with E-state index in [0.717, 1.165) is 28.4 Å². The number of halogens is 1. The molecule has 20 heavy (non-hydrogen) atoms. The van der Waals surface area contributed by atoms with Crippen LogP contribution in [0.1, 0.15) is 10.4 Å². The number of hydrogen-bond donors (Lipinski definition) is 0. The van der Waals surface area contributed by atoms with E-state index in [2.05, 4.69) is 30.8 Å². The van der Waals surface area contributed by atoms with Crippen molar-refractivity contribution >= 4 is 39.1 Å². The van der Waals surface area contributed by atoms with E-state index in [4.69, 9.17) is 0 Å². The number of anilines is 1. The second-order valence-corrected chi connectivity index (χ2v) is 6.76. The molecule has 0 atom stereocenters. The number of rotatable bonds is 2. The van der Waals surface area contributed by atoms with Crippen LogP contribution in [0.2, 0.25) is 0 Å². The molecule has 3 rings (SSSR count). The molecule has 1 aliphatic heterocycles. The second kappa shape index (κ2) is 5.88. The fourth-order valence-corrected chi connectivity index (χ4v) is 3.30. The van der Waals surface area contributed by atoms with Crippen LogP contribution in [0.3, 0.4) is 0 Å².